The fourth-order valence-corrected chi connectivity index (χ4v) is 4.26. The van der Waals surface area contributed by atoms with Crippen molar-refractivity contribution in [1.82, 2.24) is 4.31 Å². The maximum atomic E-state index is 12.4. The van der Waals surface area contributed by atoms with E-state index >= 15 is 0 Å². The van der Waals surface area contributed by atoms with Crippen LogP contribution in [0.3, 0.4) is 0 Å². The van der Waals surface area contributed by atoms with Crippen LogP contribution in [-0.4, -0.2) is 48.1 Å². The molecule has 0 radical (unpaired) electrons. The number of aliphatic hydroxyl groups is 1. The first-order valence-corrected chi connectivity index (χ1v) is 8.18. The molecule has 1 saturated heterocycles. The van der Waals surface area contributed by atoms with Crippen LogP contribution >= 0.6 is 15.9 Å². The molecule has 0 bridgehead atoms. The average Bonchev–Trinajstić information content (AvgIpc) is 2.79. The zero-order valence-corrected chi connectivity index (χ0v) is 13.1. The second-order valence-electron chi connectivity index (χ2n) is 4.69. The molecule has 6 nitrogen and oxygen atoms in total. The zero-order chi connectivity index (χ0) is 15.1. The number of carboxylic acid groups (broad SMARTS) is 1. The first-order valence-electron chi connectivity index (χ1n) is 5.95. The molecule has 0 spiro atoms. The molecule has 2 rings (SSSR count). The Kier molecular flexibility index (Phi) is 4.19. The van der Waals surface area contributed by atoms with Crippen LogP contribution in [0.25, 0.3) is 0 Å². The highest BCUT2D eigenvalue weighted by atomic mass is 79.9. The molecule has 0 amide bonds. The summed E-state index contributed by atoms with van der Waals surface area (Å²) in [6.45, 7) is 1.87. The summed E-state index contributed by atoms with van der Waals surface area (Å²) in [6, 6.07) is 2.55. The van der Waals surface area contributed by atoms with Gasteiger partial charge in [0.05, 0.1) is 16.6 Å². The summed E-state index contributed by atoms with van der Waals surface area (Å²) in [4.78, 5) is 11.1. The predicted octanol–water partition coefficient (Wildman–Crippen LogP) is 1.21. The predicted molar refractivity (Wildman–Crippen MR) is 75.2 cm³/mol. The Bertz CT molecular complexity index is 658. The normalized spacial score (nSPS) is 20.2. The van der Waals surface area contributed by atoms with Gasteiger partial charge in [0.25, 0.3) is 0 Å². The third-order valence-corrected chi connectivity index (χ3v) is 5.98. The molecule has 1 fully saturated rings. The number of halogens is 1. The number of rotatable bonds is 3. The third kappa shape index (κ3) is 2.73. The quantitative estimate of drug-likeness (QED) is 0.841. The lowest BCUT2D eigenvalue weighted by molar-refractivity contribution is 0.0695. The van der Waals surface area contributed by atoms with Crippen molar-refractivity contribution in [3.05, 3.63) is 27.7 Å². The van der Waals surface area contributed by atoms with Crippen molar-refractivity contribution in [2.45, 2.75) is 24.3 Å². The fourth-order valence-electron chi connectivity index (χ4n) is 2.10. The third-order valence-electron chi connectivity index (χ3n) is 3.31. The van der Waals surface area contributed by atoms with Crippen LogP contribution in [0.4, 0.5) is 0 Å². The molecule has 20 heavy (non-hydrogen) atoms. The van der Waals surface area contributed by atoms with Gasteiger partial charge in [0.2, 0.25) is 10.0 Å². The first-order chi connectivity index (χ1) is 9.23. The van der Waals surface area contributed by atoms with Gasteiger partial charge in [0, 0.05) is 17.6 Å². The number of carbonyl (C=O) groups is 1. The summed E-state index contributed by atoms with van der Waals surface area (Å²) in [7, 11) is -3.79. The molecule has 0 unspecified atom stereocenters. The summed E-state index contributed by atoms with van der Waals surface area (Å²) in [5.41, 5.74) is 0.413. The van der Waals surface area contributed by atoms with E-state index < -0.39 is 22.1 Å². The van der Waals surface area contributed by atoms with Gasteiger partial charge < -0.3 is 10.2 Å². The van der Waals surface area contributed by atoms with Crippen molar-refractivity contribution in [2.24, 2.45) is 0 Å². The Balaban J connectivity index is 2.50. The largest absolute Gasteiger partial charge is 0.478 e. The van der Waals surface area contributed by atoms with Crippen LogP contribution < -0.4 is 0 Å². The van der Waals surface area contributed by atoms with Gasteiger partial charge in [0.1, 0.15) is 0 Å². The molecule has 1 aromatic rings. The van der Waals surface area contributed by atoms with Crippen LogP contribution in [-0.2, 0) is 10.0 Å². The van der Waals surface area contributed by atoms with Crippen LogP contribution in [0, 0.1) is 6.92 Å². The number of benzene rings is 1. The van der Waals surface area contributed by atoms with Gasteiger partial charge in [-0.05, 0) is 31.0 Å². The van der Waals surface area contributed by atoms with E-state index in [0.717, 1.165) is 6.07 Å². The van der Waals surface area contributed by atoms with Gasteiger partial charge in [-0.2, -0.15) is 4.31 Å². The van der Waals surface area contributed by atoms with Crippen molar-refractivity contribution < 1.29 is 23.4 Å². The van der Waals surface area contributed by atoms with Crippen LogP contribution in [0.15, 0.2) is 21.5 Å². The number of aliphatic hydroxyl groups excluding tert-OH is 1. The van der Waals surface area contributed by atoms with Crippen LogP contribution in [0.2, 0.25) is 0 Å². The molecular formula is C12H14BrNO5S. The van der Waals surface area contributed by atoms with Gasteiger partial charge in [-0.1, -0.05) is 15.9 Å². The Hall–Kier alpha value is -0.960. The van der Waals surface area contributed by atoms with E-state index in [1.54, 1.807) is 6.92 Å². The standard InChI is InChI=1S/C12H14BrNO5S/c1-7-10(12(16)17)4-9(5-11(7)13)20(18,19)14-3-2-8(15)6-14/h4-5,8,15H,2-3,6H2,1H3,(H,16,17)/t8-/m0/s1. The molecule has 0 aromatic heterocycles. The highest BCUT2D eigenvalue weighted by Crippen LogP contribution is 2.28. The second kappa shape index (κ2) is 5.44. The van der Waals surface area contributed by atoms with Gasteiger partial charge in [-0.25, -0.2) is 13.2 Å². The molecule has 110 valence electrons. The van der Waals surface area contributed by atoms with Crippen molar-refractivity contribution in [3.8, 4) is 0 Å². The van der Waals surface area contributed by atoms with Gasteiger partial charge in [0.15, 0.2) is 0 Å². The molecule has 1 aliphatic rings. The summed E-state index contributed by atoms with van der Waals surface area (Å²) in [5.74, 6) is -1.18. The first kappa shape index (κ1) is 15.4. The zero-order valence-electron chi connectivity index (χ0n) is 10.7. The summed E-state index contributed by atoms with van der Waals surface area (Å²) >= 11 is 3.18. The number of hydrogen-bond acceptors (Lipinski definition) is 4. The minimum absolute atomic E-state index is 0.0379. The number of sulfonamides is 1. The molecule has 0 saturated carbocycles. The highest BCUT2D eigenvalue weighted by Gasteiger charge is 2.32. The molecule has 1 atom stereocenters. The molecule has 1 aromatic carbocycles. The number of nitrogens with zero attached hydrogens (tertiary/aromatic N) is 1. The lowest BCUT2D eigenvalue weighted by Gasteiger charge is -2.17. The monoisotopic (exact) mass is 363 g/mol. The Morgan fingerprint density at radius 1 is 1.45 bits per heavy atom. The summed E-state index contributed by atoms with van der Waals surface area (Å²) < 4.78 is 26.4. The minimum atomic E-state index is -3.79. The molecular weight excluding hydrogens is 350 g/mol. The summed E-state index contributed by atoms with van der Waals surface area (Å²) in [5, 5.41) is 18.6. The maximum absolute atomic E-state index is 12.4. The summed E-state index contributed by atoms with van der Waals surface area (Å²) in [6.07, 6.45) is -0.282. The molecule has 1 aliphatic heterocycles. The van der Waals surface area contributed by atoms with E-state index in [1.807, 2.05) is 0 Å². The molecule has 2 N–H and O–H groups in total. The molecule has 1 heterocycles. The number of aromatic carboxylic acids is 1. The Labute approximate surface area is 125 Å². The lowest BCUT2D eigenvalue weighted by Crippen LogP contribution is -2.30. The van der Waals surface area contributed by atoms with Crippen LogP contribution in [0.5, 0.6) is 0 Å². The van der Waals surface area contributed by atoms with E-state index in [9.17, 15) is 18.3 Å². The van der Waals surface area contributed by atoms with E-state index in [2.05, 4.69) is 15.9 Å². The smallest absolute Gasteiger partial charge is 0.336 e. The van der Waals surface area contributed by atoms with Gasteiger partial charge in [-0.15, -0.1) is 0 Å². The Morgan fingerprint density at radius 2 is 2.10 bits per heavy atom. The highest BCUT2D eigenvalue weighted by molar-refractivity contribution is 9.10. The number of hydrogen-bond donors (Lipinski definition) is 2. The number of carboxylic acids is 1. The molecule has 8 heteroatoms. The van der Waals surface area contributed by atoms with E-state index in [0.29, 0.717) is 16.5 Å². The molecule has 0 aliphatic carbocycles. The van der Waals surface area contributed by atoms with E-state index in [-0.39, 0.29) is 23.5 Å². The van der Waals surface area contributed by atoms with Crippen LogP contribution in [0.1, 0.15) is 22.3 Å². The van der Waals surface area contributed by atoms with Crippen molar-refractivity contribution in [1.29, 1.82) is 0 Å². The van der Waals surface area contributed by atoms with Crippen molar-refractivity contribution >= 4 is 31.9 Å². The van der Waals surface area contributed by atoms with Crippen molar-refractivity contribution in [2.75, 3.05) is 13.1 Å². The van der Waals surface area contributed by atoms with Gasteiger partial charge >= 0.3 is 5.97 Å². The Morgan fingerprint density at radius 3 is 2.60 bits per heavy atom. The lowest BCUT2D eigenvalue weighted by atomic mass is 10.1. The number of β-amino-alcohol motifs (C(OH)–C–C–N with tert-alkyl or cyclic N) is 1. The SMILES string of the molecule is Cc1c(Br)cc(S(=O)(=O)N2CC[C@H](O)C2)cc1C(=O)O. The van der Waals surface area contributed by atoms with Crippen molar-refractivity contribution in [3.63, 3.8) is 0 Å². The fraction of sp³-hybridized carbons (Fsp3) is 0.417. The van der Waals surface area contributed by atoms with E-state index in [1.165, 1.54) is 10.4 Å². The average molecular weight is 364 g/mol. The topological polar surface area (TPSA) is 94.9 Å². The van der Waals surface area contributed by atoms with Gasteiger partial charge in [-0.3, -0.25) is 0 Å². The van der Waals surface area contributed by atoms with E-state index in [4.69, 9.17) is 5.11 Å². The minimum Gasteiger partial charge on any atom is -0.478 e. The second-order valence-corrected chi connectivity index (χ2v) is 7.48. The maximum Gasteiger partial charge on any atom is 0.336 e.